The number of fused-ring (bicyclic) bond motifs is 2. The summed E-state index contributed by atoms with van der Waals surface area (Å²) < 4.78 is 42.9. The second-order valence-corrected chi connectivity index (χ2v) is 14.1. The third kappa shape index (κ3) is 5.09. The summed E-state index contributed by atoms with van der Waals surface area (Å²) in [5.74, 6) is -0.388. The van der Waals surface area contributed by atoms with E-state index in [1.54, 1.807) is 24.3 Å². The maximum Gasteiger partial charge on any atom is 0.304 e. The maximum absolute atomic E-state index is 13.9. The molecule has 3 aliphatic rings. The summed E-state index contributed by atoms with van der Waals surface area (Å²) in [6, 6.07) is 16.5. The zero-order valence-corrected chi connectivity index (χ0v) is 25.0. The molecule has 1 saturated heterocycles. The average Bonchev–Trinajstić information content (AvgIpc) is 3.70. The van der Waals surface area contributed by atoms with Gasteiger partial charge in [-0.2, -0.15) is 4.31 Å². The van der Waals surface area contributed by atoms with E-state index < -0.39 is 27.5 Å². The summed E-state index contributed by atoms with van der Waals surface area (Å²) in [6.45, 7) is 5.64. The van der Waals surface area contributed by atoms with Crippen LogP contribution in [0.1, 0.15) is 53.0 Å². The highest BCUT2D eigenvalue weighted by atomic mass is 32.2. The fraction of sp³-hybridized carbons (Fsp3) is 0.406. The van der Waals surface area contributed by atoms with E-state index >= 15 is 0 Å². The Kier molecular flexibility index (Phi) is 6.79. The molecule has 0 radical (unpaired) electrons. The highest BCUT2D eigenvalue weighted by Crippen LogP contribution is 2.39. The Labute approximate surface area is 250 Å². The first kappa shape index (κ1) is 28.0. The standard InChI is InChI=1S/C32H34N4O6S/c1-20-7-10-23(26(14-30(37)38)25-11-12-27-31(21(25)2)33-34-36(27)15-22-8-9-22)13-24(20)16-35-17-32(18-41-19-32)42-28-5-3-4-6-29(28)43(35,39)40/h3-7,10-13,22,26H,8-9,14-19H2,1-2H3,(H,37,38)/t26-/m0/s1. The Hall–Kier alpha value is -3.80. The Balaban J connectivity index is 1.26. The van der Waals surface area contributed by atoms with Gasteiger partial charge in [0.25, 0.3) is 0 Å². The van der Waals surface area contributed by atoms with E-state index in [-0.39, 0.29) is 24.4 Å². The fourth-order valence-electron chi connectivity index (χ4n) is 6.27. The molecule has 3 heterocycles. The van der Waals surface area contributed by atoms with Crippen LogP contribution in [0.3, 0.4) is 0 Å². The molecule has 1 N–H and O–H groups in total. The zero-order valence-electron chi connectivity index (χ0n) is 24.2. The predicted octanol–water partition coefficient (Wildman–Crippen LogP) is 4.42. The predicted molar refractivity (Wildman–Crippen MR) is 158 cm³/mol. The van der Waals surface area contributed by atoms with Crippen molar-refractivity contribution in [1.82, 2.24) is 19.3 Å². The largest absolute Gasteiger partial charge is 0.481 e. The van der Waals surface area contributed by atoms with Crippen LogP contribution in [0.2, 0.25) is 0 Å². The highest BCUT2D eigenvalue weighted by Gasteiger charge is 2.49. The van der Waals surface area contributed by atoms with Gasteiger partial charge in [0.15, 0.2) is 5.60 Å². The van der Waals surface area contributed by atoms with E-state index in [2.05, 4.69) is 10.3 Å². The van der Waals surface area contributed by atoms with Crippen molar-refractivity contribution in [2.75, 3.05) is 19.8 Å². The van der Waals surface area contributed by atoms with E-state index in [1.807, 2.05) is 48.9 Å². The van der Waals surface area contributed by atoms with Crippen LogP contribution in [-0.2, 0) is 32.6 Å². The maximum atomic E-state index is 13.9. The van der Waals surface area contributed by atoms with Gasteiger partial charge in [0.1, 0.15) is 16.2 Å². The monoisotopic (exact) mass is 602 g/mol. The summed E-state index contributed by atoms with van der Waals surface area (Å²) in [4.78, 5) is 12.3. The molecule has 4 aromatic rings. The molecule has 0 unspecified atom stereocenters. The number of ether oxygens (including phenoxy) is 2. The van der Waals surface area contributed by atoms with E-state index in [0.29, 0.717) is 24.9 Å². The molecule has 1 aromatic heterocycles. The first-order valence-electron chi connectivity index (χ1n) is 14.6. The molecule has 1 atom stereocenters. The minimum absolute atomic E-state index is 0.116. The zero-order chi connectivity index (χ0) is 29.9. The lowest BCUT2D eigenvalue weighted by Gasteiger charge is -2.41. The Morgan fingerprint density at radius 3 is 2.63 bits per heavy atom. The lowest BCUT2D eigenvalue weighted by molar-refractivity contribution is -0.165. The SMILES string of the molecule is Cc1ccc([C@H](CC(=O)O)c2ccc3c(nnn3CC3CC3)c2C)cc1CN1CC2(COC2)Oc2ccccc2S1(=O)=O. The number of aromatic nitrogens is 3. The van der Waals surface area contributed by atoms with Crippen LogP contribution < -0.4 is 4.74 Å². The molecule has 224 valence electrons. The third-order valence-corrected chi connectivity index (χ3v) is 10.8. The molecule has 11 heteroatoms. The van der Waals surface area contributed by atoms with E-state index in [1.165, 1.54) is 17.1 Å². The van der Waals surface area contributed by atoms with Gasteiger partial charge in [-0.3, -0.25) is 4.79 Å². The van der Waals surface area contributed by atoms with Crippen molar-refractivity contribution < 1.29 is 27.8 Å². The van der Waals surface area contributed by atoms with Crippen LogP contribution in [0.25, 0.3) is 11.0 Å². The van der Waals surface area contributed by atoms with Gasteiger partial charge in [-0.05, 0) is 78.6 Å². The van der Waals surface area contributed by atoms with Crippen molar-refractivity contribution in [2.45, 2.75) is 62.6 Å². The van der Waals surface area contributed by atoms with Crippen LogP contribution in [0.4, 0.5) is 0 Å². The van der Waals surface area contributed by atoms with E-state index in [4.69, 9.17) is 9.47 Å². The average molecular weight is 603 g/mol. The Morgan fingerprint density at radius 1 is 1.12 bits per heavy atom. The molecular formula is C32H34N4O6S. The van der Waals surface area contributed by atoms with Gasteiger partial charge < -0.3 is 14.6 Å². The first-order chi connectivity index (χ1) is 20.6. The van der Waals surface area contributed by atoms with Crippen LogP contribution in [0.5, 0.6) is 5.75 Å². The van der Waals surface area contributed by atoms with Crippen LogP contribution in [0.15, 0.2) is 59.5 Å². The Bertz CT molecular complexity index is 1840. The number of carboxylic acids is 1. The molecule has 0 amide bonds. The molecule has 10 nitrogen and oxygen atoms in total. The van der Waals surface area contributed by atoms with E-state index in [9.17, 15) is 18.3 Å². The van der Waals surface area contributed by atoms with Gasteiger partial charge in [-0.1, -0.05) is 41.6 Å². The first-order valence-corrected chi connectivity index (χ1v) is 16.1. The number of para-hydroxylation sites is 1. The van der Waals surface area contributed by atoms with Crippen molar-refractivity contribution in [3.63, 3.8) is 0 Å². The molecule has 1 aliphatic carbocycles. The van der Waals surface area contributed by atoms with Crippen LogP contribution >= 0.6 is 0 Å². The molecule has 1 spiro atoms. The number of hydrogen-bond donors (Lipinski definition) is 1. The molecule has 1 saturated carbocycles. The summed E-state index contributed by atoms with van der Waals surface area (Å²) >= 11 is 0. The molecule has 43 heavy (non-hydrogen) atoms. The van der Waals surface area contributed by atoms with Crippen molar-refractivity contribution in [3.8, 4) is 5.75 Å². The van der Waals surface area contributed by atoms with Crippen molar-refractivity contribution >= 4 is 27.0 Å². The molecule has 7 rings (SSSR count). The minimum Gasteiger partial charge on any atom is -0.481 e. The minimum atomic E-state index is -3.88. The van der Waals surface area contributed by atoms with E-state index in [0.717, 1.165) is 45.4 Å². The molecule has 3 aromatic carbocycles. The van der Waals surface area contributed by atoms with Gasteiger partial charge in [0, 0.05) is 19.0 Å². The number of hydrogen-bond acceptors (Lipinski definition) is 7. The second-order valence-electron chi connectivity index (χ2n) is 12.2. The second kappa shape index (κ2) is 10.4. The quantitative estimate of drug-likeness (QED) is 0.315. The lowest BCUT2D eigenvalue weighted by atomic mass is 9.84. The highest BCUT2D eigenvalue weighted by molar-refractivity contribution is 7.89. The van der Waals surface area contributed by atoms with Gasteiger partial charge >= 0.3 is 5.97 Å². The van der Waals surface area contributed by atoms with Crippen molar-refractivity contribution in [1.29, 1.82) is 0 Å². The smallest absolute Gasteiger partial charge is 0.304 e. The topological polar surface area (TPSA) is 124 Å². The number of aliphatic carboxylic acids is 1. The number of sulfonamides is 1. The fourth-order valence-corrected chi connectivity index (χ4v) is 7.88. The van der Waals surface area contributed by atoms with Crippen molar-refractivity contribution in [3.05, 3.63) is 82.4 Å². The van der Waals surface area contributed by atoms with Gasteiger partial charge in [0.2, 0.25) is 10.0 Å². The lowest BCUT2D eigenvalue weighted by Crippen LogP contribution is -2.60. The Morgan fingerprint density at radius 2 is 1.91 bits per heavy atom. The summed E-state index contributed by atoms with van der Waals surface area (Å²) in [7, 11) is -3.88. The summed E-state index contributed by atoms with van der Waals surface area (Å²) in [6.07, 6.45) is 2.30. The normalized spacial score (nSPS) is 19.8. The van der Waals surface area contributed by atoms with Gasteiger partial charge in [0.05, 0.1) is 31.7 Å². The molecular weight excluding hydrogens is 568 g/mol. The summed E-state index contributed by atoms with van der Waals surface area (Å²) in [5.41, 5.74) is 5.29. The number of carbonyl (C=O) groups is 1. The number of rotatable bonds is 8. The third-order valence-electron chi connectivity index (χ3n) is 8.98. The molecule has 0 bridgehead atoms. The number of aryl methyl sites for hydroxylation is 2. The van der Waals surface area contributed by atoms with Gasteiger partial charge in [-0.25, -0.2) is 13.1 Å². The molecule has 2 aliphatic heterocycles. The van der Waals surface area contributed by atoms with Gasteiger partial charge in [-0.15, -0.1) is 5.10 Å². The number of nitrogens with zero attached hydrogens (tertiary/aromatic N) is 4. The van der Waals surface area contributed by atoms with Crippen LogP contribution in [0, 0.1) is 19.8 Å². The van der Waals surface area contributed by atoms with Crippen LogP contribution in [-0.4, -0.2) is 64.2 Å². The van der Waals surface area contributed by atoms with Crippen molar-refractivity contribution in [2.24, 2.45) is 5.92 Å². The number of benzene rings is 3. The molecule has 2 fully saturated rings. The summed E-state index contributed by atoms with van der Waals surface area (Å²) in [5, 5.41) is 18.8. The number of carboxylic acid groups (broad SMARTS) is 1.